The van der Waals surface area contributed by atoms with Crippen LogP contribution in [0.4, 0.5) is 0 Å². The fourth-order valence-corrected chi connectivity index (χ4v) is 4.79. The van der Waals surface area contributed by atoms with Gasteiger partial charge in [0.05, 0.1) is 0 Å². The third-order valence-corrected chi connectivity index (χ3v) is 6.52. The van der Waals surface area contributed by atoms with Gasteiger partial charge >= 0.3 is 5.97 Å². The van der Waals surface area contributed by atoms with E-state index in [0.29, 0.717) is 17.3 Å². The Balaban J connectivity index is 1.70. The number of carbonyl (C=O) groups excluding carboxylic acids is 1. The summed E-state index contributed by atoms with van der Waals surface area (Å²) in [7, 11) is 0. The minimum absolute atomic E-state index is 0.0983. The molecule has 1 aliphatic rings. The summed E-state index contributed by atoms with van der Waals surface area (Å²) in [6, 6.07) is 17.3. The van der Waals surface area contributed by atoms with Crippen LogP contribution in [-0.2, 0) is 23.2 Å². The average Bonchev–Trinajstić information content (AvgIpc) is 3.27. The van der Waals surface area contributed by atoms with Crippen molar-refractivity contribution in [3.63, 3.8) is 0 Å². The number of ether oxygens (including phenoxy) is 2. The highest BCUT2D eigenvalue weighted by Gasteiger charge is 2.37. The Labute approximate surface area is 210 Å². The van der Waals surface area contributed by atoms with Crippen molar-refractivity contribution in [2.45, 2.75) is 70.5 Å². The summed E-state index contributed by atoms with van der Waals surface area (Å²) in [5.41, 5.74) is 0.519. The molecule has 3 aromatic rings. The van der Waals surface area contributed by atoms with Gasteiger partial charge in [-0.05, 0) is 56.9 Å². The van der Waals surface area contributed by atoms with Crippen molar-refractivity contribution in [1.29, 1.82) is 0 Å². The SMILES string of the molecule is CC(C)(C)OC(=O)c1nc(CC2(c3ccc(Cl)cc3)CCCC2)[nH]c(=O)c1OCc1ccccc1. The summed E-state index contributed by atoms with van der Waals surface area (Å²) in [6.45, 7) is 5.46. The van der Waals surface area contributed by atoms with Crippen LogP contribution >= 0.6 is 11.6 Å². The standard InChI is InChI=1S/C28H31ClN2O4/c1-27(2,3)35-26(33)23-24(34-18-19-9-5-4-6-10-19)25(32)31-22(30-23)17-28(15-7-8-16-28)20-11-13-21(29)14-12-20/h4-6,9-14H,7-8,15-18H2,1-3H3,(H,30,31,32). The van der Waals surface area contributed by atoms with Crippen LogP contribution in [0.15, 0.2) is 59.4 Å². The van der Waals surface area contributed by atoms with E-state index in [0.717, 1.165) is 36.8 Å². The number of esters is 1. The lowest BCUT2D eigenvalue weighted by Crippen LogP contribution is -2.31. The number of nitrogens with zero attached hydrogens (tertiary/aromatic N) is 1. The number of halogens is 1. The van der Waals surface area contributed by atoms with E-state index in [4.69, 9.17) is 21.1 Å². The molecule has 1 heterocycles. The molecule has 0 saturated heterocycles. The summed E-state index contributed by atoms with van der Waals surface area (Å²) < 4.78 is 11.4. The van der Waals surface area contributed by atoms with E-state index in [1.807, 2.05) is 54.6 Å². The second-order valence-electron chi connectivity index (χ2n) is 10.1. The molecule has 1 N–H and O–H groups in total. The summed E-state index contributed by atoms with van der Waals surface area (Å²) in [4.78, 5) is 33.7. The molecule has 1 saturated carbocycles. The molecule has 0 atom stereocenters. The van der Waals surface area contributed by atoms with Crippen LogP contribution in [0.5, 0.6) is 5.75 Å². The first-order chi connectivity index (χ1) is 16.7. The molecule has 4 rings (SSSR count). The number of benzene rings is 2. The molecule has 1 fully saturated rings. The van der Waals surface area contributed by atoms with Crippen molar-refractivity contribution in [2.75, 3.05) is 0 Å². The van der Waals surface area contributed by atoms with Crippen molar-refractivity contribution in [1.82, 2.24) is 9.97 Å². The van der Waals surface area contributed by atoms with E-state index in [1.54, 1.807) is 20.8 Å². The molecule has 0 spiro atoms. The molecule has 1 aromatic heterocycles. The number of aromatic nitrogens is 2. The summed E-state index contributed by atoms with van der Waals surface area (Å²) in [5.74, 6) is -0.363. The molecule has 1 aliphatic carbocycles. The van der Waals surface area contributed by atoms with Crippen LogP contribution in [0.25, 0.3) is 0 Å². The van der Waals surface area contributed by atoms with Crippen LogP contribution in [0.3, 0.4) is 0 Å². The van der Waals surface area contributed by atoms with Gasteiger partial charge in [0, 0.05) is 16.9 Å². The number of hydrogen-bond donors (Lipinski definition) is 1. The minimum Gasteiger partial charge on any atom is -0.481 e. The predicted molar refractivity (Wildman–Crippen MR) is 136 cm³/mol. The second kappa shape index (κ2) is 10.2. The maximum absolute atomic E-state index is 13.2. The lowest BCUT2D eigenvalue weighted by Gasteiger charge is -2.29. The van der Waals surface area contributed by atoms with Gasteiger partial charge in [0.1, 0.15) is 18.0 Å². The summed E-state index contributed by atoms with van der Waals surface area (Å²) >= 11 is 6.12. The van der Waals surface area contributed by atoms with Crippen molar-refractivity contribution in [3.05, 3.63) is 92.6 Å². The number of rotatable bonds is 7. The molecule has 2 aromatic carbocycles. The average molecular weight is 495 g/mol. The third-order valence-electron chi connectivity index (χ3n) is 6.27. The normalized spacial score (nSPS) is 15.1. The maximum Gasteiger partial charge on any atom is 0.361 e. The molecule has 0 radical (unpaired) electrons. The first kappa shape index (κ1) is 25.0. The fourth-order valence-electron chi connectivity index (χ4n) is 4.66. The van der Waals surface area contributed by atoms with E-state index in [1.165, 1.54) is 0 Å². The Morgan fingerprint density at radius 2 is 1.71 bits per heavy atom. The lowest BCUT2D eigenvalue weighted by molar-refractivity contribution is 0.00571. The molecule has 0 unspecified atom stereocenters. The van der Waals surface area contributed by atoms with Crippen LogP contribution in [-0.4, -0.2) is 21.5 Å². The zero-order valence-electron chi connectivity index (χ0n) is 20.4. The third kappa shape index (κ3) is 6.12. The van der Waals surface area contributed by atoms with Crippen molar-refractivity contribution < 1.29 is 14.3 Å². The molecular formula is C28H31ClN2O4. The number of nitrogens with one attached hydrogen (secondary N) is 1. The van der Waals surface area contributed by atoms with Gasteiger partial charge in [0.15, 0.2) is 5.69 Å². The predicted octanol–water partition coefficient (Wildman–Crippen LogP) is 6.01. The van der Waals surface area contributed by atoms with Crippen molar-refractivity contribution >= 4 is 17.6 Å². The highest BCUT2D eigenvalue weighted by molar-refractivity contribution is 6.30. The highest BCUT2D eigenvalue weighted by Crippen LogP contribution is 2.43. The summed E-state index contributed by atoms with van der Waals surface area (Å²) in [5, 5.41) is 0.681. The maximum atomic E-state index is 13.2. The minimum atomic E-state index is -0.742. The van der Waals surface area contributed by atoms with Crippen LogP contribution in [0.1, 0.15) is 73.9 Å². The van der Waals surface area contributed by atoms with Crippen LogP contribution < -0.4 is 10.3 Å². The molecule has 6 nitrogen and oxygen atoms in total. The van der Waals surface area contributed by atoms with E-state index in [9.17, 15) is 9.59 Å². The van der Waals surface area contributed by atoms with Crippen LogP contribution in [0, 0.1) is 0 Å². The smallest absolute Gasteiger partial charge is 0.361 e. The largest absolute Gasteiger partial charge is 0.481 e. The Kier molecular flexibility index (Phi) is 7.31. The Bertz CT molecular complexity index is 1220. The van der Waals surface area contributed by atoms with Gasteiger partial charge in [-0.2, -0.15) is 0 Å². The van der Waals surface area contributed by atoms with Gasteiger partial charge in [-0.25, -0.2) is 9.78 Å². The van der Waals surface area contributed by atoms with Gasteiger partial charge < -0.3 is 14.5 Å². The van der Waals surface area contributed by atoms with Gasteiger partial charge in [-0.1, -0.05) is 66.9 Å². The molecule has 0 aliphatic heterocycles. The topological polar surface area (TPSA) is 81.3 Å². The zero-order chi connectivity index (χ0) is 25.1. The zero-order valence-corrected chi connectivity index (χ0v) is 21.2. The Morgan fingerprint density at radius 3 is 2.34 bits per heavy atom. The molecular weight excluding hydrogens is 464 g/mol. The first-order valence-electron chi connectivity index (χ1n) is 11.9. The van der Waals surface area contributed by atoms with Crippen molar-refractivity contribution in [3.8, 4) is 5.75 Å². The fraction of sp³-hybridized carbons (Fsp3) is 0.393. The van der Waals surface area contributed by atoms with E-state index < -0.39 is 17.1 Å². The van der Waals surface area contributed by atoms with Gasteiger partial charge in [-0.15, -0.1) is 0 Å². The number of hydrogen-bond acceptors (Lipinski definition) is 5. The molecule has 184 valence electrons. The number of H-pyrrole nitrogens is 1. The molecule has 0 bridgehead atoms. The molecule has 7 heteroatoms. The monoisotopic (exact) mass is 494 g/mol. The van der Waals surface area contributed by atoms with E-state index >= 15 is 0 Å². The van der Waals surface area contributed by atoms with Crippen LogP contribution in [0.2, 0.25) is 5.02 Å². The molecule has 0 amide bonds. The van der Waals surface area contributed by atoms with Crippen molar-refractivity contribution in [2.24, 2.45) is 0 Å². The number of aromatic amines is 1. The Hall–Kier alpha value is -3.12. The highest BCUT2D eigenvalue weighted by atomic mass is 35.5. The van der Waals surface area contributed by atoms with Gasteiger partial charge in [0.25, 0.3) is 5.56 Å². The number of carbonyl (C=O) groups is 1. The lowest BCUT2D eigenvalue weighted by atomic mass is 9.76. The quantitative estimate of drug-likeness (QED) is 0.406. The van der Waals surface area contributed by atoms with Gasteiger partial charge in [0.2, 0.25) is 5.75 Å². The van der Waals surface area contributed by atoms with Gasteiger partial charge in [-0.3, -0.25) is 4.79 Å². The Morgan fingerprint density at radius 1 is 1.06 bits per heavy atom. The van der Waals surface area contributed by atoms with E-state index in [2.05, 4.69) is 9.97 Å². The van der Waals surface area contributed by atoms with E-state index in [-0.39, 0.29) is 23.5 Å². The molecule has 35 heavy (non-hydrogen) atoms. The second-order valence-corrected chi connectivity index (χ2v) is 10.6. The summed E-state index contributed by atoms with van der Waals surface area (Å²) in [6.07, 6.45) is 4.60. The first-order valence-corrected chi connectivity index (χ1v) is 12.3.